The topological polar surface area (TPSA) is 76.7 Å². The molecule has 3 rings (SSSR count). The highest BCUT2D eigenvalue weighted by molar-refractivity contribution is 5.92. The number of carbonyl (C=O) groups is 1. The van der Waals surface area contributed by atoms with E-state index >= 15 is 0 Å². The maximum absolute atomic E-state index is 12.1. The van der Waals surface area contributed by atoms with E-state index in [-0.39, 0.29) is 17.9 Å². The summed E-state index contributed by atoms with van der Waals surface area (Å²) in [5.41, 5.74) is 0.780. The molecule has 0 fully saturated rings. The fourth-order valence-corrected chi connectivity index (χ4v) is 2.54. The van der Waals surface area contributed by atoms with Gasteiger partial charge in [0.25, 0.3) is 0 Å². The highest BCUT2D eigenvalue weighted by Gasteiger charge is 2.14. The second-order valence-electron chi connectivity index (χ2n) is 5.74. The van der Waals surface area contributed by atoms with E-state index in [1.165, 1.54) is 6.07 Å². The van der Waals surface area contributed by atoms with Crippen molar-refractivity contribution in [3.8, 4) is 5.75 Å². The van der Waals surface area contributed by atoms with Crippen LogP contribution in [0.15, 0.2) is 63.8 Å². The minimum atomic E-state index is -0.687. The summed E-state index contributed by atoms with van der Waals surface area (Å²) in [7, 11) is 0. The molecule has 2 aromatic carbocycles. The third-order valence-corrected chi connectivity index (χ3v) is 3.89. The number of hydrogen-bond donors (Lipinski definition) is 1. The number of phenolic OH excluding ortho intramolecular Hbond substituents is 1. The normalized spacial score (nSPS) is 10.7. The van der Waals surface area contributed by atoms with Gasteiger partial charge in [0.1, 0.15) is 16.9 Å². The van der Waals surface area contributed by atoms with Gasteiger partial charge >= 0.3 is 11.6 Å². The number of benzene rings is 2. The fraction of sp³-hybridized carbons (Fsp3) is 0.200. The maximum atomic E-state index is 12.1. The molecule has 1 heterocycles. The van der Waals surface area contributed by atoms with Gasteiger partial charge in [0.15, 0.2) is 0 Å². The standard InChI is InChI=1S/C20H18O5/c21-16-10-8-14(9-11-16)5-3-4-12-24-19(22)17-13-15-6-1-2-7-18(15)25-20(17)23/h1-2,6-11,13,21H,3-5,12H2. The van der Waals surface area contributed by atoms with Crippen LogP contribution in [0.5, 0.6) is 5.75 Å². The average molecular weight is 338 g/mol. The Morgan fingerprint density at radius 1 is 1.04 bits per heavy atom. The van der Waals surface area contributed by atoms with Crippen molar-refractivity contribution < 1.29 is 19.1 Å². The first kappa shape index (κ1) is 16.8. The summed E-state index contributed by atoms with van der Waals surface area (Å²) in [6.07, 6.45) is 2.35. The van der Waals surface area contributed by atoms with E-state index < -0.39 is 11.6 Å². The first-order valence-corrected chi connectivity index (χ1v) is 8.11. The Kier molecular flexibility index (Phi) is 5.14. The smallest absolute Gasteiger partial charge is 0.351 e. The van der Waals surface area contributed by atoms with E-state index in [1.54, 1.807) is 36.4 Å². The minimum Gasteiger partial charge on any atom is -0.508 e. The van der Waals surface area contributed by atoms with Crippen molar-refractivity contribution in [1.29, 1.82) is 0 Å². The third-order valence-electron chi connectivity index (χ3n) is 3.89. The van der Waals surface area contributed by atoms with Crippen LogP contribution in [0.25, 0.3) is 11.0 Å². The van der Waals surface area contributed by atoms with Crippen LogP contribution in [0.4, 0.5) is 0 Å². The quantitative estimate of drug-likeness (QED) is 0.421. The molecule has 0 aliphatic heterocycles. The summed E-state index contributed by atoms with van der Waals surface area (Å²) < 4.78 is 10.3. The Balaban J connectivity index is 1.52. The van der Waals surface area contributed by atoms with Crippen molar-refractivity contribution in [2.45, 2.75) is 19.3 Å². The summed E-state index contributed by atoms with van der Waals surface area (Å²) in [6, 6.07) is 15.5. The molecule has 0 aliphatic rings. The minimum absolute atomic E-state index is 0.0859. The summed E-state index contributed by atoms with van der Waals surface area (Å²) in [4.78, 5) is 24.0. The molecule has 0 radical (unpaired) electrons. The highest BCUT2D eigenvalue weighted by Crippen LogP contribution is 2.14. The van der Waals surface area contributed by atoms with Crippen LogP contribution in [0, 0.1) is 0 Å². The molecular formula is C20H18O5. The molecule has 0 unspecified atom stereocenters. The van der Waals surface area contributed by atoms with E-state index in [2.05, 4.69) is 0 Å². The molecule has 128 valence electrons. The van der Waals surface area contributed by atoms with Crippen molar-refractivity contribution in [3.05, 3.63) is 76.1 Å². The monoisotopic (exact) mass is 338 g/mol. The molecule has 0 atom stereocenters. The molecule has 3 aromatic rings. The number of carbonyl (C=O) groups excluding carboxylic acids is 1. The molecule has 1 N–H and O–H groups in total. The predicted molar refractivity (Wildman–Crippen MR) is 93.8 cm³/mol. The van der Waals surface area contributed by atoms with Gasteiger partial charge in [-0.15, -0.1) is 0 Å². The van der Waals surface area contributed by atoms with Gasteiger partial charge in [0.2, 0.25) is 0 Å². The van der Waals surface area contributed by atoms with Gasteiger partial charge in [-0.25, -0.2) is 9.59 Å². The van der Waals surface area contributed by atoms with Crippen LogP contribution in [-0.4, -0.2) is 17.7 Å². The molecule has 0 spiro atoms. The summed E-state index contributed by atoms with van der Waals surface area (Å²) in [6.45, 7) is 0.239. The Labute approximate surface area is 144 Å². The number of para-hydroxylation sites is 1. The third kappa shape index (κ3) is 4.26. The lowest BCUT2D eigenvalue weighted by molar-refractivity contribution is 0.0494. The molecule has 5 nitrogen and oxygen atoms in total. The maximum Gasteiger partial charge on any atom is 0.351 e. The van der Waals surface area contributed by atoms with Crippen LogP contribution < -0.4 is 5.63 Å². The second-order valence-corrected chi connectivity index (χ2v) is 5.74. The van der Waals surface area contributed by atoms with Crippen molar-refractivity contribution in [1.82, 2.24) is 0 Å². The van der Waals surface area contributed by atoms with Gasteiger partial charge in [-0.3, -0.25) is 0 Å². The average Bonchev–Trinajstić information content (AvgIpc) is 2.62. The van der Waals surface area contributed by atoms with Crippen LogP contribution in [0.1, 0.15) is 28.8 Å². The second kappa shape index (κ2) is 7.66. The van der Waals surface area contributed by atoms with Gasteiger partial charge in [-0.05, 0) is 49.1 Å². The van der Waals surface area contributed by atoms with E-state index in [9.17, 15) is 14.7 Å². The lowest BCUT2D eigenvalue weighted by Gasteiger charge is -2.05. The fourth-order valence-electron chi connectivity index (χ4n) is 2.54. The lowest BCUT2D eigenvalue weighted by atomic mass is 10.1. The number of aryl methyl sites for hydroxylation is 1. The number of ether oxygens (including phenoxy) is 1. The van der Waals surface area contributed by atoms with Crippen LogP contribution >= 0.6 is 0 Å². The first-order chi connectivity index (χ1) is 12.1. The number of hydrogen-bond acceptors (Lipinski definition) is 5. The van der Waals surface area contributed by atoms with E-state index in [0.717, 1.165) is 18.4 Å². The first-order valence-electron chi connectivity index (χ1n) is 8.11. The summed E-state index contributed by atoms with van der Waals surface area (Å²) >= 11 is 0. The summed E-state index contributed by atoms with van der Waals surface area (Å²) in [5, 5.41) is 9.92. The Morgan fingerprint density at radius 3 is 2.60 bits per heavy atom. The Bertz CT molecular complexity index is 925. The molecule has 0 bridgehead atoms. The van der Waals surface area contributed by atoms with Crippen molar-refractivity contribution in [2.24, 2.45) is 0 Å². The Morgan fingerprint density at radius 2 is 1.80 bits per heavy atom. The molecule has 0 saturated heterocycles. The lowest BCUT2D eigenvalue weighted by Crippen LogP contribution is -2.17. The van der Waals surface area contributed by atoms with Crippen LogP contribution in [0.3, 0.4) is 0 Å². The molecule has 0 amide bonds. The van der Waals surface area contributed by atoms with E-state index in [0.29, 0.717) is 17.4 Å². The molecule has 25 heavy (non-hydrogen) atoms. The largest absolute Gasteiger partial charge is 0.508 e. The Hall–Kier alpha value is -3.08. The van der Waals surface area contributed by atoms with Crippen LogP contribution in [0.2, 0.25) is 0 Å². The number of unbranched alkanes of at least 4 members (excludes halogenated alkanes) is 1. The van der Waals surface area contributed by atoms with E-state index in [1.807, 2.05) is 12.1 Å². The highest BCUT2D eigenvalue weighted by atomic mass is 16.5. The summed E-state index contributed by atoms with van der Waals surface area (Å²) in [5.74, 6) is -0.420. The van der Waals surface area contributed by atoms with Gasteiger partial charge in [0.05, 0.1) is 6.61 Å². The molecule has 0 saturated carbocycles. The molecule has 5 heteroatoms. The number of esters is 1. The van der Waals surface area contributed by atoms with Crippen LogP contribution in [-0.2, 0) is 11.2 Å². The molecule has 0 aliphatic carbocycles. The zero-order valence-electron chi connectivity index (χ0n) is 13.6. The molecular weight excluding hydrogens is 320 g/mol. The zero-order chi connectivity index (χ0) is 17.6. The van der Waals surface area contributed by atoms with Gasteiger partial charge in [-0.2, -0.15) is 0 Å². The number of phenols is 1. The van der Waals surface area contributed by atoms with Crippen molar-refractivity contribution in [2.75, 3.05) is 6.61 Å². The zero-order valence-corrected chi connectivity index (χ0v) is 13.6. The number of fused-ring (bicyclic) bond motifs is 1. The van der Waals surface area contributed by atoms with Crippen molar-refractivity contribution >= 4 is 16.9 Å². The predicted octanol–water partition coefficient (Wildman–Crippen LogP) is 3.68. The number of aromatic hydroxyl groups is 1. The van der Waals surface area contributed by atoms with E-state index in [4.69, 9.17) is 9.15 Å². The SMILES string of the molecule is O=C(OCCCCc1ccc(O)cc1)c1cc2ccccc2oc1=O. The van der Waals surface area contributed by atoms with Gasteiger partial charge in [-0.1, -0.05) is 30.3 Å². The van der Waals surface area contributed by atoms with Crippen molar-refractivity contribution in [3.63, 3.8) is 0 Å². The molecule has 1 aromatic heterocycles. The van der Waals surface area contributed by atoms with Gasteiger partial charge in [0, 0.05) is 5.39 Å². The van der Waals surface area contributed by atoms with Gasteiger partial charge < -0.3 is 14.3 Å². The number of rotatable bonds is 6.